The number of nitrogens with zero attached hydrogens (tertiary/aromatic N) is 2. The van der Waals surface area contributed by atoms with E-state index in [1.54, 1.807) is 0 Å². The normalized spacial score (nSPS) is 12.1. The van der Waals surface area contributed by atoms with E-state index in [9.17, 15) is 40.9 Å². The van der Waals surface area contributed by atoms with Gasteiger partial charge >= 0.3 is 5.97 Å². The number of hydrogen-bond donors (Lipinski definition) is 4. The monoisotopic (exact) mass is 590 g/mol. The molecule has 31 heavy (non-hydrogen) atoms. The first kappa shape index (κ1) is 25.4. The van der Waals surface area contributed by atoms with Crippen molar-refractivity contribution in [1.29, 1.82) is 0 Å². The van der Waals surface area contributed by atoms with Crippen LogP contribution in [0.25, 0.3) is 10.8 Å². The molecular weight excluding hydrogens is 578 g/mol. The summed E-state index contributed by atoms with van der Waals surface area (Å²) in [6.45, 7) is 0. The average molecular weight is 590 g/mol. The molecule has 0 fully saturated rings. The van der Waals surface area contributed by atoms with Crippen LogP contribution in [0.3, 0.4) is 0 Å². The maximum absolute atomic E-state index is 11.6. The first-order valence-corrected chi connectivity index (χ1v) is 10.8. The number of phenolic OH excluding ortho intramolecular Hbond substituents is 1. The zero-order valence-corrected chi connectivity index (χ0v) is 21.4. The number of carbonyl (C=O) groups is 1. The van der Waals surface area contributed by atoms with Gasteiger partial charge in [0.15, 0.2) is 5.75 Å². The quantitative estimate of drug-likeness (QED) is 0.197. The van der Waals surface area contributed by atoms with Crippen molar-refractivity contribution in [3.63, 3.8) is 0 Å². The Kier molecular flexibility index (Phi) is 7.68. The molecule has 2 radical (unpaired) electrons. The number of hydrogen-bond acceptors (Lipinski definition) is 8. The summed E-state index contributed by atoms with van der Waals surface area (Å²) in [6.07, 6.45) is 0. The molecule has 0 aliphatic carbocycles. The van der Waals surface area contributed by atoms with Crippen LogP contribution in [0.15, 0.2) is 68.6 Å². The van der Waals surface area contributed by atoms with Crippen molar-refractivity contribution in [1.82, 2.24) is 0 Å². The minimum absolute atomic E-state index is 0. The molecule has 3 aromatic carbocycles. The van der Waals surface area contributed by atoms with E-state index in [4.69, 9.17) is 0 Å². The Morgan fingerprint density at radius 1 is 0.871 bits per heavy atom. The number of fused-ring (bicyclic) bond motifs is 1. The van der Waals surface area contributed by atoms with Crippen molar-refractivity contribution in [3.8, 4) is 5.75 Å². The SMILES string of the molecule is O=C(O)c1ccccc1N=Nc1c(O)c(S(=O)(=O)O)cc2cc(S(=O)(=O)O)ccc12.[Ba]. The number of rotatable bonds is 5. The second kappa shape index (κ2) is 9.35. The average Bonchev–Trinajstić information content (AvgIpc) is 2.65. The van der Waals surface area contributed by atoms with Gasteiger partial charge < -0.3 is 10.2 Å². The summed E-state index contributed by atoms with van der Waals surface area (Å²) >= 11 is 0. The molecule has 3 aromatic rings. The smallest absolute Gasteiger partial charge is 0.337 e. The van der Waals surface area contributed by atoms with E-state index in [0.717, 1.165) is 24.3 Å². The van der Waals surface area contributed by atoms with Gasteiger partial charge in [-0.2, -0.15) is 16.8 Å². The molecule has 0 bridgehead atoms. The summed E-state index contributed by atoms with van der Waals surface area (Å²) in [5, 5.41) is 26.9. The van der Waals surface area contributed by atoms with E-state index < -0.39 is 47.4 Å². The van der Waals surface area contributed by atoms with Crippen LogP contribution >= 0.6 is 0 Å². The molecule has 0 unspecified atom stereocenters. The van der Waals surface area contributed by atoms with Gasteiger partial charge in [-0.15, -0.1) is 10.2 Å². The molecule has 0 saturated heterocycles. The Balaban J connectivity index is 0.00000341. The minimum atomic E-state index is -4.96. The largest absolute Gasteiger partial charge is 0.504 e. The second-order valence-corrected chi connectivity index (χ2v) is 8.74. The van der Waals surface area contributed by atoms with E-state index in [1.165, 1.54) is 24.3 Å². The third-order valence-corrected chi connectivity index (χ3v) is 5.71. The molecule has 0 aliphatic rings. The van der Waals surface area contributed by atoms with Gasteiger partial charge in [0.2, 0.25) is 0 Å². The van der Waals surface area contributed by atoms with Crippen LogP contribution < -0.4 is 0 Å². The second-order valence-electron chi connectivity index (χ2n) is 5.93. The Morgan fingerprint density at radius 2 is 1.52 bits per heavy atom. The number of carboxylic acids is 1. The van der Waals surface area contributed by atoms with E-state index in [0.29, 0.717) is 0 Å². The van der Waals surface area contributed by atoms with Crippen molar-refractivity contribution in [2.45, 2.75) is 9.79 Å². The van der Waals surface area contributed by atoms with Gasteiger partial charge in [0, 0.05) is 54.3 Å². The van der Waals surface area contributed by atoms with Crippen molar-refractivity contribution in [2.24, 2.45) is 10.2 Å². The van der Waals surface area contributed by atoms with E-state index in [1.807, 2.05) is 0 Å². The summed E-state index contributed by atoms with van der Waals surface area (Å²) in [5.41, 5.74) is -0.795. The van der Waals surface area contributed by atoms with Crippen LogP contribution in [0.1, 0.15) is 10.4 Å². The molecule has 0 spiro atoms. The molecule has 11 nitrogen and oxygen atoms in total. The summed E-state index contributed by atoms with van der Waals surface area (Å²) in [7, 11) is -9.59. The standard InChI is InChI=1S/C17H12N2O9S2.Ba/c20-16-14(30(26,27)28)8-9-7-10(29(23,24)25)5-6-11(9)15(16)19-18-13-4-2-1-3-12(13)17(21)22;/h1-8,20H,(H,21,22)(H,23,24,25)(H,26,27,28);. The molecule has 0 aromatic heterocycles. The number of carboxylic acid groups (broad SMARTS) is 1. The Labute approximate surface area is 216 Å². The third-order valence-electron chi connectivity index (χ3n) is 3.99. The van der Waals surface area contributed by atoms with Gasteiger partial charge in [0.1, 0.15) is 16.3 Å². The predicted molar refractivity (Wildman–Crippen MR) is 109 cm³/mol. The van der Waals surface area contributed by atoms with Gasteiger partial charge in [0.25, 0.3) is 20.2 Å². The Bertz CT molecular complexity index is 1440. The van der Waals surface area contributed by atoms with Crippen LogP contribution in [0, 0.1) is 0 Å². The summed E-state index contributed by atoms with van der Waals surface area (Å²) in [4.78, 5) is 9.73. The Hall–Kier alpha value is -1.82. The van der Waals surface area contributed by atoms with Crippen LogP contribution in [0.4, 0.5) is 11.4 Å². The number of azo groups is 1. The maximum Gasteiger partial charge on any atom is 0.337 e. The summed E-state index contributed by atoms with van der Waals surface area (Å²) in [5.74, 6) is -2.29. The van der Waals surface area contributed by atoms with Crippen molar-refractivity contribution in [3.05, 3.63) is 54.1 Å². The van der Waals surface area contributed by atoms with Gasteiger partial charge in [0.05, 0.1) is 10.5 Å². The van der Waals surface area contributed by atoms with E-state index in [-0.39, 0.29) is 70.9 Å². The maximum atomic E-state index is 11.6. The topological polar surface area (TPSA) is 191 Å². The number of aromatic hydroxyl groups is 1. The summed E-state index contributed by atoms with van der Waals surface area (Å²) < 4.78 is 64.6. The van der Waals surface area contributed by atoms with Gasteiger partial charge in [-0.3, -0.25) is 9.11 Å². The molecule has 0 saturated carbocycles. The van der Waals surface area contributed by atoms with Gasteiger partial charge in [-0.1, -0.05) is 18.2 Å². The van der Waals surface area contributed by atoms with Crippen LogP contribution in [0.2, 0.25) is 0 Å². The predicted octanol–water partition coefficient (Wildman–Crippen LogP) is 2.77. The molecule has 158 valence electrons. The molecule has 3 rings (SSSR count). The van der Waals surface area contributed by atoms with Crippen molar-refractivity contribution < 1.29 is 40.9 Å². The molecule has 0 amide bonds. The number of aromatic carboxylic acids is 1. The minimum Gasteiger partial charge on any atom is -0.504 e. The molecular formula is C17H12BaN2O9S2. The molecule has 0 heterocycles. The van der Waals surface area contributed by atoms with Crippen LogP contribution in [-0.2, 0) is 20.2 Å². The van der Waals surface area contributed by atoms with E-state index >= 15 is 0 Å². The zero-order chi connectivity index (χ0) is 22.3. The van der Waals surface area contributed by atoms with Crippen molar-refractivity contribution in [2.75, 3.05) is 0 Å². The van der Waals surface area contributed by atoms with Crippen molar-refractivity contribution >= 4 is 97.2 Å². The van der Waals surface area contributed by atoms with Gasteiger partial charge in [-0.05, 0) is 35.7 Å². The molecule has 4 N–H and O–H groups in total. The van der Waals surface area contributed by atoms with Gasteiger partial charge in [-0.25, -0.2) is 4.79 Å². The fourth-order valence-corrected chi connectivity index (χ4v) is 3.77. The van der Waals surface area contributed by atoms with Crippen LogP contribution in [0.5, 0.6) is 5.75 Å². The van der Waals surface area contributed by atoms with Crippen LogP contribution in [-0.4, -0.2) is 91.0 Å². The molecule has 0 aliphatic heterocycles. The molecule has 14 heteroatoms. The fraction of sp³-hybridized carbons (Fsp3) is 0. The molecule has 0 atom stereocenters. The first-order valence-electron chi connectivity index (χ1n) is 7.88. The number of benzene rings is 3. The zero-order valence-electron chi connectivity index (χ0n) is 15.4. The summed E-state index contributed by atoms with van der Waals surface area (Å²) in [6, 6.07) is 9.30. The number of phenols is 1. The fourth-order valence-electron chi connectivity index (χ4n) is 2.63. The van der Waals surface area contributed by atoms with E-state index in [2.05, 4.69) is 10.2 Å². The Morgan fingerprint density at radius 3 is 2.10 bits per heavy atom. The third kappa shape index (κ3) is 5.52. The first-order chi connectivity index (χ1) is 13.9.